The zero-order valence-electron chi connectivity index (χ0n) is 25.8. The van der Waals surface area contributed by atoms with Gasteiger partial charge in [0.2, 0.25) is 0 Å². The zero-order chi connectivity index (χ0) is 32.3. The smallest absolute Gasteiger partial charge is 0.333 e. The number of likely N-dealkylation sites (tertiary alicyclic amines) is 1. The Kier molecular flexibility index (Phi) is 9.29. The van der Waals surface area contributed by atoms with Crippen LogP contribution in [0.3, 0.4) is 0 Å². The number of hydrogen-bond donors (Lipinski definition) is 5. The first-order valence-corrected chi connectivity index (χ1v) is 15.3. The number of nitrogens with zero attached hydrogens (tertiary/aromatic N) is 1. The Hall–Kier alpha value is -4.64. The topological polar surface area (TPSA) is 157 Å². The van der Waals surface area contributed by atoms with Crippen LogP contribution in [0.4, 0.5) is 17.1 Å². The van der Waals surface area contributed by atoms with E-state index >= 15 is 0 Å². The van der Waals surface area contributed by atoms with E-state index in [1.54, 1.807) is 38.3 Å². The highest BCUT2D eigenvalue weighted by Crippen LogP contribution is 2.47. The summed E-state index contributed by atoms with van der Waals surface area (Å²) < 4.78 is 5.37. The van der Waals surface area contributed by atoms with Crippen LogP contribution in [0, 0.1) is 5.41 Å². The minimum Gasteiger partial charge on any atom is -0.497 e. The van der Waals surface area contributed by atoms with Crippen LogP contribution in [0.5, 0.6) is 5.75 Å². The minimum atomic E-state index is -1.46. The van der Waals surface area contributed by atoms with Crippen molar-refractivity contribution < 1.29 is 24.5 Å². The zero-order valence-corrected chi connectivity index (χ0v) is 25.8. The number of carboxylic acid groups (broad SMARTS) is 2. The normalized spacial score (nSPS) is 22.3. The molecular weight excluding hydrogens is 576 g/mol. The number of anilines is 3. The number of methoxy groups -OCH3 is 1. The summed E-state index contributed by atoms with van der Waals surface area (Å²) in [7, 11) is 1.68. The van der Waals surface area contributed by atoms with E-state index in [0.717, 1.165) is 44.6 Å². The fourth-order valence-electron chi connectivity index (χ4n) is 6.59. The lowest BCUT2D eigenvalue weighted by molar-refractivity contribution is -0.151. The summed E-state index contributed by atoms with van der Waals surface area (Å²) in [5.74, 6) is -1.93. The van der Waals surface area contributed by atoms with Gasteiger partial charge in [0.25, 0.3) is 10.9 Å². The summed E-state index contributed by atoms with van der Waals surface area (Å²) in [6, 6.07) is 14.4. The molecule has 5 rings (SSSR count). The molecular formula is C34H40N4O7. The quantitative estimate of drug-likeness (QED) is 0.149. The Labute approximate surface area is 261 Å². The monoisotopic (exact) mass is 616 g/mol. The lowest BCUT2D eigenvalue weighted by Crippen LogP contribution is -2.53. The molecule has 3 atom stereocenters. The third-order valence-corrected chi connectivity index (χ3v) is 9.51. The van der Waals surface area contributed by atoms with E-state index in [4.69, 9.17) is 4.74 Å². The van der Waals surface area contributed by atoms with E-state index in [2.05, 4.69) is 33.0 Å². The average Bonchev–Trinajstić information content (AvgIpc) is 3.05. The van der Waals surface area contributed by atoms with Gasteiger partial charge in [-0.3, -0.25) is 14.4 Å². The molecule has 11 nitrogen and oxygen atoms in total. The van der Waals surface area contributed by atoms with Crippen molar-refractivity contribution in [2.45, 2.75) is 51.0 Å². The lowest BCUT2D eigenvalue weighted by Gasteiger charge is -2.42. The van der Waals surface area contributed by atoms with Gasteiger partial charge in [-0.1, -0.05) is 24.3 Å². The lowest BCUT2D eigenvalue weighted by atomic mass is 9.64. The van der Waals surface area contributed by atoms with E-state index < -0.39 is 40.2 Å². The molecule has 0 saturated carbocycles. The van der Waals surface area contributed by atoms with Crippen LogP contribution >= 0.6 is 0 Å². The Balaban J connectivity index is 1.20. The molecule has 0 aliphatic carbocycles. The van der Waals surface area contributed by atoms with Crippen molar-refractivity contribution in [3.63, 3.8) is 0 Å². The number of rotatable bonds is 12. The molecule has 0 bridgehead atoms. The Morgan fingerprint density at radius 3 is 2.40 bits per heavy atom. The summed E-state index contributed by atoms with van der Waals surface area (Å²) in [4.78, 5) is 51.9. The van der Waals surface area contributed by atoms with Gasteiger partial charge in [-0.25, -0.2) is 4.79 Å². The van der Waals surface area contributed by atoms with Crippen molar-refractivity contribution in [3.05, 3.63) is 91.9 Å². The van der Waals surface area contributed by atoms with E-state index in [0.29, 0.717) is 23.7 Å². The Bertz CT molecular complexity index is 1670. The van der Waals surface area contributed by atoms with Gasteiger partial charge in [-0.05, 0) is 94.1 Å². The van der Waals surface area contributed by atoms with Gasteiger partial charge in [0, 0.05) is 30.4 Å². The van der Waals surface area contributed by atoms with Crippen molar-refractivity contribution in [3.8, 4) is 5.75 Å². The number of piperidine rings is 1. The van der Waals surface area contributed by atoms with Gasteiger partial charge >= 0.3 is 11.9 Å². The molecule has 1 saturated heterocycles. The van der Waals surface area contributed by atoms with E-state index in [9.17, 15) is 29.4 Å². The first-order chi connectivity index (χ1) is 21.5. The number of ether oxygens (including phenoxy) is 1. The highest BCUT2D eigenvalue weighted by Gasteiger charge is 2.52. The number of benzene rings is 2. The fourth-order valence-corrected chi connectivity index (χ4v) is 6.59. The maximum absolute atomic E-state index is 12.5. The summed E-state index contributed by atoms with van der Waals surface area (Å²) in [5, 5.41) is 29.0. The second-order valence-corrected chi connectivity index (χ2v) is 12.1. The van der Waals surface area contributed by atoms with Crippen LogP contribution in [0.15, 0.2) is 69.9 Å². The van der Waals surface area contributed by atoms with Gasteiger partial charge in [0.1, 0.15) is 17.1 Å². The van der Waals surface area contributed by atoms with Crippen LogP contribution in [0.1, 0.15) is 56.1 Å². The van der Waals surface area contributed by atoms with E-state index in [1.165, 1.54) is 18.7 Å². The van der Waals surface area contributed by atoms with Crippen LogP contribution in [0.2, 0.25) is 0 Å². The fraction of sp³-hybridized carbons (Fsp3) is 0.412. The van der Waals surface area contributed by atoms with Crippen LogP contribution in [-0.2, 0) is 9.59 Å². The summed E-state index contributed by atoms with van der Waals surface area (Å²) in [5.41, 5.74) is -0.171. The van der Waals surface area contributed by atoms with Gasteiger partial charge in [-0.2, -0.15) is 0 Å². The third kappa shape index (κ3) is 6.30. The van der Waals surface area contributed by atoms with Gasteiger partial charge < -0.3 is 35.8 Å². The van der Waals surface area contributed by atoms with Crippen LogP contribution in [-0.4, -0.2) is 66.4 Å². The van der Waals surface area contributed by atoms with E-state index in [-0.39, 0.29) is 16.9 Å². The predicted molar refractivity (Wildman–Crippen MR) is 172 cm³/mol. The molecule has 0 aromatic heterocycles. The summed E-state index contributed by atoms with van der Waals surface area (Å²) >= 11 is 0. The van der Waals surface area contributed by atoms with Crippen molar-refractivity contribution in [1.82, 2.24) is 10.2 Å². The van der Waals surface area contributed by atoms with Crippen molar-refractivity contribution >= 4 is 29.0 Å². The molecule has 2 aliphatic heterocycles. The molecule has 0 spiro atoms. The molecule has 0 amide bonds. The van der Waals surface area contributed by atoms with Gasteiger partial charge in [-0.15, -0.1) is 0 Å². The van der Waals surface area contributed by atoms with Crippen molar-refractivity contribution in [2.75, 3.05) is 43.9 Å². The minimum absolute atomic E-state index is 0.0730. The number of nitrogens with one attached hydrogen (secondary N) is 3. The Morgan fingerprint density at radius 2 is 1.71 bits per heavy atom. The second kappa shape index (κ2) is 13.2. The Morgan fingerprint density at radius 1 is 1.02 bits per heavy atom. The average molecular weight is 617 g/mol. The van der Waals surface area contributed by atoms with Gasteiger partial charge in [0.05, 0.1) is 18.1 Å². The first kappa shape index (κ1) is 31.8. The molecule has 5 N–H and O–H groups in total. The summed E-state index contributed by atoms with van der Waals surface area (Å²) in [6.07, 6.45) is 4.28. The molecule has 11 heteroatoms. The van der Waals surface area contributed by atoms with E-state index in [1.807, 2.05) is 12.1 Å². The number of hydrogen-bond acceptors (Lipinski definition) is 9. The van der Waals surface area contributed by atoms with Crippen molar-refractivity contribution in [2.24, 2.45) is 5.41 Å². The molecule has 45 heavy (non-hydrogen) atoms. The molecule has 0 radical (unpaired) electrons. The van der Waals surface area contributed by atoms with Crippen LogP contribution < -0.4 is 31.5 Å². The largest absolute Gasteiger partial charge is 0.497 e. The second-order valence-electron chi connectivity index (χ2n) is 12.1. The molecule has 3 aromatic carbocycles. The number of aliphatic carboxylic acids is 2. The molecule has 3 unspecified atom stereocenters. The van der Waals surface area contributed by atoms with Crippen LogP contribution in [0.25, 0.3) is 0 Å². The standard InChI is InChI=1S/C34H40N4O7/c1-20-34(2,33(43)44)27(26(19-36-20)32(41)42)23-8-4-9-24(17-23)37-29-28(30(39)31(29)40)35-13-6-14-38-15-11-21(12-16-38)22-7-5-10-25(18-22)45-3/h4-5,7-10,17-21,27,35-37H,6,11-16H2,1-3H3,(H,41,42)(H,43,44). The van der Waals surface area contributed by atoms with Crippen molar-refractivity contribution in [1.29, 1.82) is 0 Å². The number of carbonyl (C=O) groups is 2. The molecule has 2 heterocycles. The SMILES string of the molecule is COc1cccc(C2CCN(CCCNc3c(Nc4cccc(C5C(C(=O)O)=CNC(C)C5(C)C(=O)O)c4)c(=O)c3=O)CC2)c1. The van der Waals surface area contributed by atoms with Gasteiger partial charge in [0.15, 0.2) is 0 Å². The number of carboxylic acids is 2. The highest BCUT2D eigenvalue weighted by atomic mass is 16.5. The maximum atomic E-state index is 12.5. The first-order valence-electron chi connectivity index (χ1n) is 15.3. The highest BCUT2D eigenvalue weighted by molar-refractivity contribution is 5.92. The predicted octanol–water partition coefficient (Wildman–Crippen LogP) is 3.85. The molecule has 1 fully saturated rings. The molecule has 238 valence electrons. The molecule has 3 aromatic rings. The molecule has 2 aliphatic rings. The third-order valence-electron chi connectivity index (χ3n) is 9.51. The summed E-state index contributed by atoms with van der Waals surface area (Å²) in [6.45, 7) is 6.58. The maximum Gasteiger partial charge on any atom is 0.333 e.